The van der Waals surface area contributed by atoms with E-state index in [1.165, 1.54) is 52.2 Å². The number of thiazole rings is 1. The molecule has 0 fully saturated rings. The lowest BCUT2D eigenvalue weighted by Gasteiger charge is -2.15. The first-order valence-corrected chi connectivity index (χ1v) is 14.4. The topological polar surface area (TPSA) is 86.3 Å². The SMILES string of the molecule is Cc1cs/c(=N\C(=O)NC(C)c2ccc(-c3ncn(-c4ccc(OC(F)(F)F)cc4)n3)cc2)n1-c1ccccc1C(C)C. The van der Waals surface area contributed by atoms with Crippen LogP contribution in [0.15, 0.2) is 89.5 Å². The lowest BCUT2D eigenvalue weighted by molar-refractivity contribution is -0.274. The molecule has 0 spiro atoms. The quantitative estimate of drug-likeness (QED) is 0.208. The molecule has 0 aliphatic carbocycles. The lowest BCUT2D eigenvalue weighted by Crippen LogP contribution is -2.27. The molecule has 0 aliphatic heterocycles. The number of nitrogens with zero attached hydrogens (tertiary/aromatic N) is 5. The molecule has 1 atom stereocenters. The van der Waals surface area contributed by atoms with Gasteiger partial charge in [0.05, 0.1) is 17.4 Å². The van der Waals surface area contributed by atoms with Gasteiger partial charge >= 0.3 is 12.4 Å². The summed E-state index contributed by atoms with van der Waals surface area (Å²) in [5.74, 6) is 0.431. The average molecular weight is 607 g/mol. The van der Waals surface area contributed by atoms with E-state index in [1.54, 1.807) is 0 Å². The fourth-order valence-corrected chi connectivity index (χ4v) is 5.44. The van der Waals surface area contributed by atoms with Crippen LogP contribution in [0, 0.1) is 6.92 Å². The van der Waals surface area contributed by atoms with Crippen molar-refractivity contribution >= 4 is 17.4 Å². The van der Waals surface area contributed by atoms with Crippen molar-refractivity contribution in [2.75, 3.05) is 0 Å². The van der Waals surface area contributed by atoms with Crippen molar-refractivity contribution in [2.45, 2.75) is 46.0 Å². The lowest BCUT2D eigenvalue weighted by atomic mass is 10.0. The highest BCUT2D eigenvalue weighted by Crippen LogP contribution is 2.25. The van der Waals surface area contributed by atoms with Gasteiger partial charge in [0, 0.05) is 16.6 Å². The van der Waals surface area contributed by atoms with E-state index in [2.05, 4.69) is 45.0 Å². The number of halogens is 3. The number of para-hydroxylation sites is 1. The second-order valence-corrected chi connectivity index (χ2v) is 11.0. The molecular formula is C31H29F3N6O2S. The van der Waals surface area contributed by atoms with Crippen LogP contribution in [0.4, 0.5) is 18.0 Å². The van der Waals surface area contributed by atoms with Gasteiger partial charge in [-0.25, -0.2) is 14.5 Å². The van der Waals surface area contributed by atoms with Gasteiger partial charge in [0.2, 0.25) is 0 Å². The minimum Gasteiger partial charge on any atom is -0.406 e. The fraction of sp³-hybridized carbons (Fsp3) is 0.226. The van der Waals surface area contributed by atoms with Crippen molar-refractivity contribution in [3.05, 3.63) is 106 Å². The number of hydrogen-bond donors (Lipinski definition) is 1. The first-order chi connectivity index (χ1) is 20.5. The molecule has 2 heterocycles. The summed E-state index contributed by atoms with van der Waals surface area (Å²) in [6.45, 7) is 8.15. The monoisotopic (exact) mass is 606 g/mol. The number of hydrogen-bond acceptors (Lipinski definition) is 5. The van der Waals surface area contributed by atoms with Crippen LogP contribution in [0.2, 0.25) is 0 Å². The second kappa shape index (κ2) is 12.3. The molecule has 2 aromatic heterocycles. The minimum atomic E-state index is -4.75. The number of rotatable bonds is 7. The molecule has 0 radical (unpaired) electrons. The molecule has 43 heavy (non-hydrogen) atoms. The standard InChI is InChI=1S/C31H29F3N6O2S/c1-19(2)26-7-5-6-8-27(26)40-20(3)17-43-30(40)37-29(41)36-21(4)22-9-11-23(12-10-22)28-35-18-39(38-28)24-13-15-25(16-14-24)42-31(32,33)34/h5-19,21H,1-4H3,(H,36,41)/b37-30-. The predicted molar refractivity (Wildman–Crippen MR) is 158 cm³/mol. The maximum Gasteiger partial charge on any atom is 0.573 e. The van der Waals surface area contributed by atoms with Crippen molar-refractivity contribution < 1.29 is 22.7 Å². The summed E-state index contributed by atoms with van der Waals surface area (Å²) in [5, 5.41) is 9.36. The number of nitrogens with one attached hydrogen (secondary N) is 1. The average Bonchev–Trinajstić information content (AvgIpc) is 3.59. The number of carbonyl (C=O) groups is 1. The Labute approximate surface area is 250 Å². The zero-order chi connectivity index (χ0) is 30.7. The summed E-state index contributed by atoms with van der Waals surface area (Å²) >= 11 is 1.41. The smallest absolute Gasteiger partial charge is 0.406 e. The van der Waals surface area contributed by atoms with E-state index in [0.29, 0.717) is 22.2 Å². The Kier molecular flexibility index (Phi) is 8.49. The van der Waals surface area contributed by atoms with Crippen LogP contribution < -0.4 is 14.9 Å². The van der Waals surface area contributed by atoms with Crippen LogP contribution in [0.25, 0.3) is 22.8 Å². The molecule has 3 aromatic carbocycles. The molecule has 1 unspecified atom stereocenters. The van der Waals surface area contributed by atoms with E-state index in [9.17, 15) is 18.0 Å². The van der Waals surface area contributed by atoms with Crippen molar-refractivity contribution in [3.63, 3.8) is 0 Å². The molecule has 5 rings (SSSR count). The molecule has 0 aliphatic rings. The zero-order valence-corrected chi connectivity index (χ0v) is 24.6. The van der Waals surface area contributed by atoms with Gasteiger partial charge in [0.25, 0.3) is 0 Å². The summed E-state index contributed by atoms with van der Waals surface area (Å²) < 4.78 is 44.6. The van der Waals surface area contributed by atoms with Gasteiger partial charge in [-0.05, 0) is 61.2 Å². The molecule has 5 aromatic rings. The van der Waals surface area contributed by atoms with E-state index in [-0.39, 0.29) is 11.8 Å². The van der Waals surface area contributed by atoms with Gasteiger partial charge in [-0.1, -0.05) is 56.3 Å². The number of benzene rings is 3. The summed E-state index contributed by atoms with van der Waals surface area (Å²) in [4.78, 5) is 22.3. The third kappa shape index (κ3) is 7.03. The molecule has 0 saturated heterocycles. The Bertz CT molecular complexity index is 1790. The van der Waals surface area contributed by atoms with E-state index in [4.69, 9.17) is 0 Å². The van der Waals surface area contributed by atoms with Crippen LogP contribution >= 0.6 is 11.3 Å². The highest BCUT2D eigenvalue weighted by molar-refractivity contribution is 7.07. The van der Waals surface area contributed by atoms with Crippen molar-refractivity contribution in [3.8, 4) is 28.5 Å². The Morgan fingerprint density at radius 1 is 1.00 bits per heavy atom. The Morgan fingerprint density at radius 2 is 1.70 bits per heavy atom. The van der Waals surface area contributed by atoms with Gasteiger partial charge < -0.3 is 10.1 Å². The molecule has 0 saturated carbocycles. The molecular weight excluding hydrogens is 577 g/mol. The molecule has 12 heteroatoms. The highest BCUT2D eigenvalue weighted by Gasteiger charge is 2.31. The van der Waals surface area contributed by atoms with Gasteiger partial charge in [0.15, 0.2) is 10.6 Å². The van der Waals surface area contributed by atoms with Crippen molar-refractivity contribution in [1.82, 2.24) is 24.6 Å². The number of urea groups is 1. The summed E-state index contributed by atoms with van der Waals surface area (Å²) in [7, 11) is 0. The number of alkyl halides is 3. The largest absolute Gasteiger partial charge is 0.573 e. The van der Waals surface area contributed by atoms with E-state index >= 15 is 0 Å². The van der Waals surface area contributed by atoms with E-state index < -0.39 is 12.4 Å². The van der Waals surface area contributed by atoms with E-state index in [0.717, 1.165) is 22.5 Å². The predicted octanol–water partition coefficient (Wildman–Crippen LogP) is 7.49. The number of aryl methyl sites for hydroxylation is 1. The van der Waals surface area contributed by atoms with Gasteiger partial charge in [-0.15, -0.1) is 29.6 Å². The summed E-state index contributed by atoms with van der Waals surface area (Å²) in [6.07, 6.45) is -3.28. The first kappa shape index (κ1) is 29.8. The summed E-state index contributed by atoms with van der Waals surface area (Å²) in [5.41, 5.74) is 5.31. The van der Waals surface area contributed by atoms with Crippen LogP contribution in [-0.4, -0.2) is 31.7 Å². The van der Waals surface area contributed by atoms with Crippen LogP contribution in [0.5, 0.6) is 5.75 Å². The fourth-order valence-electron chi connectivity index (χ4n) is 4.57. The molecule has 0 bridgehead atoms. The Morgan fingerprint density at radius 3 is 2.37 bits per heavy atom. The van der Waals surface area contributed by atoms with Gasteiger partial charge in [-0.2, -0.15) is 4.99 Å². The molecule has 222 valence electrons. The van der Waals surface area contributed by atoms with Crippen molar-refractivity contribution in [2.24, 2.45) is 4.99 Å². The van der Waals surface area contributed by atoms with Gasteiger partial charge in [-0.3, -0.25) is 4.57 Å². The maximum absolute atomic E-state index is 13.0. The number of amides is 2. The number of aromatic nitrogens is 4. The van der Waals surface area contributed by atoms with Crippen molar-refractivity contribution in [1.29, 1.82) is 0 Å². The third-order valence-corrected chi connectivity index (χ3v) is 7.65. The van der Waals surface area contributed by atoms with Crippen LogP contribution in [-0.2, 0) is 0 Å². The number of carbonyl (C=O) groups excluding carboxylic acids is 1. The van der Waals surface area contributed by atoms with Crippen LogP contribution in [0.3, 0.4) is 0 Å². The second-order valence-electron chi connectivity index (χ2n) is 10.2. The summed E-state index contributed by atoms with van der Waals surface area (Å²) in [6, 6.07) is 20.1. The maximum atomic E-state index is 13.0. The molecule has 8 nitrogen and oxygen atoms in total. The number of ether oxygens (including phenoxy) is 1. The zero-order valence-electron chi connectivity index (χ0n) is 23.8. The van der Waals surface area contributed by atoms with Crippen LogP contribution in [0.1, 0.15) is 49.6 Å². The normalized spacial score (nSPS) is 12.9. The minimum absolute atomic E-state index is 0.310. The van der Waals surface area contributed by atoms with E-state index in [1.807, 2.05) is 66.3 Å². The molecule has 1 N–H and O–H groups in total. The Hall–Kier alpha value is -4.71. The Balaban J connectivity index is 1.28. The molecule has 2 amide bonds. The highest BCUT2D eigenvalue weighted by atomic mass is 32.1. The van der Waals surface area contributed by atoms with Gasteiger partial charge in [0.1, 0.15) is 12.1 Å². The first-order valence-electron chi connectivity index (χ1n) is 13.5. The third-order valence-electron chi connectivity index (χ3n) is 6.71.